The maximum absolute atomic E-state index is 12.5. The Hall–Kier alpha value is -2.89. The van der Waals surface area contributed by atoms with Crippen LogP contribution in [0.4, 0.5) is 0 Å². The lowest BCUT2D eigenvalue weighted by Crippen LogP contribution is -2.56. The zero-order valence-electron chi connectivity index (χ0n) is 18.0. The fraction of sp³-hybridized carbons (Fsp3) is 0.722. The van der Waals surface area contributed by atoms with Crippen molar-refractivity contribution in [2.45, 2.75) is 58.7 Å². The second kappa shape index (κ2) is 13.4. The molecule has 0 radical (unpaired) electrons. The van der Waals surface area contributed by atoms with Crippen molar-refractivity contribution >= 4 is 29.7 Å². The van der Waals surface area contributed by atoms with Gasteiger partial charge in [-0.3, -0.25) is 19.4 Å². The number of nitrogens with zero attached hydrogens (tertiary/aromatic N) is 1. The third-order valence-electron chi connectivity index (χ3n) is 4.22. The van der Waals surface area contributed by atoms with Crippen LogP contribution >= 0.6 is 0 Å². The quantitative estimate of drug-likeness (QED) is 0.0970. The Morgan fingerprint density at radius 3 is 1.97 bits per heavy atom. The minimum absolute atomic E-state index is 0.0449. The first-order valence-corrected chi connectivity index (χ1v) is 9.78. The molecule has 0 saturated heterocycles. The Bertz CT molecular complexity index is 632. The summed E-state index contributed by atoms with van der Waals surface area (Å²) in [6, 6.07) is -2.87. The molecule has 3 amide bonds. The molecule has 0 heterocycles. The molecule has 12 heteroatoms. The van der Waals surface area contributed by atoms with Gasteiger partial charge in [0.05, 0.1) is 12.6 Å². The van der Waals surface area contributed by atoms with Crippen LogP contribution in [0.2, 0.25) is 0 Å². The Balaban J connectivity index is 4.64. The number of aliphatic carboxylic acids is 1. The number of carbonyl (C=O) groups excluding carboxylic acids is 3. The van der Waals surface area contributed by atoms with E-state index < -0.39 is 41.8 Å². The lowest BCUT2D eigenvalue weighted by atomic mass is 10.0. The summed E-state index contributed by atoms with van der Waals surface area (Å²) in [4.78, 5) is 51.7. The van der Waals surface area contributed by atoms with Crippen LogP contribution in [0, 0.1) is 11.8 Å². The summed E-state index contributed by atoms with van der Waals surface area (Å²) in [6.07, 6.45) is 0.821. The number of rotatable bonds is 13. The largest absolute Gasteiger partial charge is 0.480 e. The van der Waals surface area contributed by atoms with Crippen molar-refractivity contribution < 1.29 is 24.3 Å². The fourth-order valence-corrected chi connectivity index (χ4v) is 2.46. The molecule has 0 spiro atoms. The van der Waals surface area contributed by atoms with Crippen LogP contribution in [-0.4, -0.2) is 66.0 Å². The molecule has 172 valence electrons. The Labute approximate surface area is 176 Å². The number of hydrogen-bond acceptors (Lipinski definition) is 6. The lowest BCUT2D eigenvalue weighted by molar-refractivity contribution is -0.143. The summed E-state index contributed by atoms with van der Waals surface area (Å²) < 4.78 is 0. The van der Waals surface area contributed by atoms with Crippen molar-refractivity contribution in [3.63, 3.8) is 0 Å². The first kappa shape index (κ1) is 27.1. The lowest BCUT2D eigenvalue weighted by Gasteiger charge is -2.25. The summed E-state index contributed by atoms with van der Waals surface area (Å²) in [6.45, 7) is 6.71. The van der Waals surface area contributed by atoms with Crippen molar-refractivity contribution in [3.05, 3.63) is 0 Å². The summed E-state index contributed by atoms with van der Waals surface area (Å²) in [5.74, 6) is -3.56. The molecule has 0 aliphatic heterocycles. The van der Waals surface area contributed by atoms with E-state index in [4.69, 9.17) is 17.2 Å². The number of carboxylic acids is 1. The standard InChI is InChI=1S/C18H35N7O5/c1-9(2)13(16(28)25-14(10(3)4)17(29)30)24-12(26)8-23-15(27)11(19)6-5-7-22-18(20)21/h9-11,13-14H,5-8,19H2,1-4H3,(H,23,27)(H,24,26)(H,25,28)(H,29,30)(H4,20,21,22)/t11-,13-,14-/m0/s1. The summed E-state index contributed by atoms with van der Waals surface area (Å²) in [7, 11) is 0. The maximum atomic E-state index is 12.5. The first-order chi connectivity index (χ1) is 13.9. The third kappa shape index (κ3) is 10.6. The van der Waals surface area contributed by atoms with Gasteiger partial charge in [0.2, 0.25) is 17.7 Å². The Morgan fingerprint density at radius 1 is 0.933 bits per heavy atom. The van der Waals surface area contributed by atoms with Gasteiger partial charge in [-0.2, -0.15) is 0 Å². The molecule has 10 N–H and O–H groups in total. The van der Waals surface area contributed by atoms with Crippen molar-refractivity contribution in [1.29, 1.82) is 0 Å². The van der Waals surface area contributed by atoms with Crippen LogP contribution in [0.15, 0.2) is 4.99 Å². The fourth-order valence-electron chi connectivity index (χ4n) is 2.46. The van der Waals surface area contributed by atoms with E-state index >= 15 is 0 Å². The SMILES string of the molecule is CC(C)[C@H](NC(=O)[C@@H](NC(=O)CNC(=O)[C@@H](N)CCCN=C(N)N)C(C)C)C(=O)O. The van der Waals surface area contributed by atoms with E-state index in [2.05, 4.69) is 20.9 Å². The van der Waals surface area contributed by atoms with Gasteiger partial charge in [0.25, 0.3) is 0 Å². The molecule has 0 aromatic rings. The zero-order valence-corrected chi connectivity index (χ0v) is 18.0. The van der Waals surface area contributed by atoms with E-state index in [-0.39, 0.29) is 24.3 Å². The van der Waals surface area contributed by atoms with Crippen LogP contribution in [-0.2, 0) is 19.2 Å². The highest BCUT2D eigenvalue weighted by molar-refractivity contribution is 5.92. The first-order valence-electron chi connectivity index (χ1n) is 9.78. The van der Waals surface area contributed by atoms with Crippen molar-refractivity contribution in [2.75, 3.05) is 13.1 Å². The number of nitrogens with one attached hydrogen (secondary N) is 3. The van der Waals surface area contributed by atoms with Gasteiger partial charge in [-0.25, -0.2) is 4.79 Å². The molecule has 0 bridgehead atoms. The average molecular weight is 430 g/mol. The number of amides is 3. The van der Waals surface area contributed by atoms with Gasteiger partial charge in [0, 0.05) is 6.54 Å². The van der Waals surface area contributed by atoms with E-state index in [1.54, 1.807) is 27.7 Å². The highest BCUT2D eigenvalue weighted by atomic mass is 16.4. The monoisotopic (exact) mass is 429 g/mol. The van der Waals surface area contributed by atoms with E-state index in [9.17, 15) is 24.3 Å². The number of carboxylic acid groups (broad SMARTS) is 1. The predicted octanol–water partition coefficient (Wildman–Crippen LogP) is -2.15. The molecular weight excluding hydrogens is 394 g/mol. The van der Waals surface area contributed by atoms with Gasteiger partial charge in [0.15, 0.2) is 5.96 Å². The molecule has 12 nitrogen and oxygen atoms in total. The molecule has 0 unspecified atom stereocenters. The number of aliphatic imine (C=N–C) groups is 1. The predicted molar refractivity (Wildman–Crippen MR) is 112 cm³/mol. The molecule has 0 aliphatic carbocycles. The average Bonchev–Trinajstić information content (AvgIpc) is 2.64. The normalized spacial score (nSPS) is 13.8. The van der Waals surface area contributed by atoms with Gasteiger partial charge in [-0.15, -0.1) is 0 Å². The smallest absolute Gasteiger partial charge is 0.326 e. The second-order valence-electron chi connectivity index (χ2n) is 7.63. The van der Waals surface area contributed by atoms with Crippen molar-refractivity contribution in [1.82, 2.24) is 16.0 Å². The zero-order chi connectivity index (χ0) is 23.4. The van der Waals surface area contributed by atoms with Gasteiger partial charge in [0.1, 0.15) is 12.1 Å². The van der Waals surface area contributed by atoms with Crippen molar-refractivity contribution in [2.24, 2.45) is 34.0 Å². The molecular formula is C18H35N7O5. The van der Waals surface area contributed by atoms with E-state index in [1.807, 2.05) is 0 Å². The highest BCUT2D eigenvalue weighted by Crippen LogP contribution is 2.06. The minimum atomic E-state index is -1.16. The number of nitrogens with two attached hydrogens (primary N) is 3. The molecule has 0 aliphatic rings. The molecule has 0 rings (SSSR count). The Kier molecular flexibility index (Phi) is 12.1. The van der Waals surface area contributed by atoms with Gasteiger partial charge >= 0.3 is 5.97 Å². The van der Waals surface area contributed by atoms with Crippen LogP contribution in [0.25, 0.3) is 0 Å². The molecule has 0 saturated carbocycles. The molecule has 0 fully saturated rings. The van der Waals surface area contributed by atoms with Crippen LogP contribution in [0.1, 0.15) is 40.5 Å². The molecule has 3 atom stereocenters. The number of guanidine groups is 1. The third-order valence-corrected chi connectivity index (χ3v) is 4.22. The Morgan fingerprint density at radius 2 is 1.50 bits per heavy atom. The van der Waals surface area contributed by atoms with Crippen LogP contribution in [0.3, 0.4) is 0 Å². The summed E-state index contributed by atoms with van der Waals surface area (Å²) in [5.41, 5.74) is 16.2. The topological polar surface area (TPSA) is 215 Å². The molecule has 30 heavy (non-hydrogen) atoms. The molecule has 0 aromatic heterocycles. The minimum Gasteiger partial charge on any atom is -0.480 e. The van der Waals surface area contributed by atoms with Gasteiger partial charge < -0.3 is 38.3 Å². The van der Waals surface area contributed by atoms with Crippen molar-refractivity contribution in [3.8, 4) is 0 Å². The summed E-state index contributed by atoms with van der Waals surface area (Å²) in [5, 5.41) is 16.6. The highest BCUT2D eigenvalue weighted by Gasteiger charge is 2.30. The van der Waals surface area contributed by atoms with E-state index in [0.29, 0.717) is 19.4 Å². The maximum Gasteiger partial charge on any atom is 0.326 e. The van der Waals surface area contributed by atoms with Crippen LogP contribution < -0.4 is 33.2 Å². The van der Waals surface area contributed by atoms with E-state index in [0.717, 1.165) is 0 Å². The number of carbonyl (C=O) groups is 4. The summed E-state index contributed by atoms with van der Waals surface area (Å²) >= 11 is 0. The second-order valence-corrected chi connectivity index (χ2v) is 7.63. The number of hydrogen-bond donors (Lipinski definition) is 7. The van der Waals surface area contributed by atoms with Crippen LogP contribution in [0.5, 0.6) is 0 Å². The molecule has 0 aromatic carbocycles. The van der Waals surface area contributed by atoms with Gasteiger partial charge in [-0.1, -0.05) is 27.7 Å². The van der Waals surface area contributed by atoms with Gasteiger partial charge in [-0.05, 0) is 24.7 Å². The van der Waals surface area contributed by atoms with E-state index in [1.165, 1.54) is 0 Å².